The minimum atomic E-state index is -0.255. The average molecular weight is 389 g/mol. The number of fused-ring (bicyclic) bond motifs is 1. The Hall–Kier alpha value is -3.94. The molecule has 0 radical (unpaired) electrons. The van der Waals surface area contributed by atoms with Crippen LogP contribution >= 0.6 is 0 Å². The van der Waals surface area contributed by atoms with Crippen molar-refractivity contribution < 1.29 is 14.3 Å². The zero-order valence-electron chi connectivity index (χ0n) is 16.0. The molecule has 4 aromatic rings. The predicted molar refractivity (Wildman–Crippen MR) is 107 cm³/mol. The largest absolute Gasteiger partial charge is 0.493 e. The van der Waals surface area contributed by atoms with Gasteiger partial charge in [0.1, 0.15) is 5.56 Å². The van der Waals surface area contributed by atoms with Gasteiger partial charge in [-0.1, -0.05) is 6.07 Å². The Balaban J connectivity index is 1.57. The number of rotatable bonds is 6. The quantitative estimate of drug-likeness (QED) is 0.545. The molecule has 8 nitrogen and oxygen atoms in total. The summed E-state index contributed by atoms with van der Waals surface area (Å²) in [4.78, 5) is 21.1. The van der Waals surface area contributed by atoms with Gasteiger partial charge in [0.05, 0.1) is 26.1 Å². The molecule has 0 fully saturated rings. The van der Waals surface area contributed by atoms with Crippen molar-refractivity contribution in [2.75, 3.05) is 14.2 Å². The number of hydrogen-bond donors (Lipinski definition) is 1. The van der Waals surface area contributed by atoms with Crippen molar-refractivity contribution in [1.29, 1.82) is 0 Å². The van der Waals surface area contributed by atoms with Gasteiger partial charge in [0.15, 0.2) is 17.1 Å². The molecule has 1 N–H and O–H groups in total. The summed E-state index contributed by atoms with van der Waals surface area (Å²) >= 11 is 0. The van der Waals surface area contributed by atoms with E-state index in [-0.39, 0.29) is 5.91 Å². The summed E-state index contributed by atoms with van der Waals surface area (Å²) in [5, 5.41) is 7.26. The van der Waals surface area contributed by atoms with Crippen LogP contribution in [0.15, 0.2) is 61.2 Å². The van der Waals surface area contributed by atoms with Crippen LogP contribution < -0.4 is 14.8 Å². The second-order valence-electron chi connectivity index (χ2n) is 6.23. The van der Waals surface area contributed by atoms with Crippen LogP contribution in [-0.2, 0) is 6.54 Å². The van der Waals surface area contributed by atoms with Gasteiger partial charge in [0.25, 0.3) is 5.91 Å². The summed E-state index contributed by atoms with van der Waals surface area (Å²) in [5.41, 5.74) is 3.55. The molecular weight excluding hydrogens is 370 g/mol. The molecule has 0 spiro atoms. The van der Waals surface area contributed by atoms with E-state index in [1.54, 1.807) is 43.4 Å². The van der Waals surface area contributed by atoms with Gasteiger partial charge >= 0.3 is 0 Å². The van der Waals surface area contributed by atoms with Crippen LogP contribution in [0.2, 0.25) is 0 Å². The van der Waals surface area contributed by atoms with Crippen LogP contribution in [0.5, 0.6) is 11.5 Å². The number of hydrogen-bond acceptors (Lipinski definition) is 6. The first kappa shape index (κ1) is 18.4. The molecule has 0 aliphatic carbocycles. The summed E-state index contributed by atoms with van der Waals surface area (Å²) in [6, 6.07) is 11.1. The molecule has 0 atom stereocenters. The van der Waals surface area contributed by atoms with Gasteiger partial charge in [-0.25, -0.2) is 9.50 Å². The molecule has 1 amide bonds. The van der Waals surface area contributed by atoms with Crippen molar-refractivity contribution in [3.63, 3.8) is 0 Å². The second kappa shape index (κ2) is 7.97. The van der Waals surface area contributed by atoms with Gasteiger partial charge in [0, 0.05) is 30.7 Å². The van der Waals surface area contributed by atoms with Crippen molar-refractivity contribution in [3.8, 4) is 22.8 Å². The smallest absolute Gasteiger partial charge is 0.257 e. The SMILES string of the molecule is COc1ccc(CNC(=O)c2cnn3c(-c4ccncc4)ccnc23)cc1OC. The van der Waals surface area contributed by atoms with E-state index < -0.39 is 0 Å². The Morgan fingerprint density at radius 2 is 1.83 bits per heavy atom. The molecule has 8 heteroatoms. The molecule has 3 heterocycles. The lowest BCUT2D eigenvalue weighted by atomic mass is 10.2. The fraction of sp³-hybridized carbons (Fsp3) is 0.143. The maximum Gasteiger partial charge on any atom is 0.257 e. The minimum Gasteiger partial charge on any atom is -0.493 e. The molecule has 29 heavy (non-hydrogen) atoms. The second-order valence-corrected chi connectivity index (χ2v) is 6.23. The first-order valence-electron chi connectivity index (χ1n) is 8.93. The summed E-state index contributed by atoms with van der Waals surface area (Å²) < 4.78 is 12.2. The lowest BCUT2D eigenvalue weighted by molar-refractivity contribution is 0.0952. The van der Waals surface area contributed by atoms with E-state index in [2.05, 4.69) is 20.4 Å². The van der Waals surface area contributed by atoms with E-state index in [1.165, 1.54) is 6.20 Å². The van der Waals surface area contributed by atoms with Crippen LogP contribution in [0.25, 0.3) is 16.9 Å². The maximum absolute atomic E-state index is 12.7. The first-order valence-corrected chi connectivity index (χ1v) is 8.93. The predicted octanol–water partition coefficient (Wildman–Crippen LogP) is 2.74. The zero-order valence-corrected chi connectivity index (χ0v) is 16.0. The van der Waals surface area contributed by atoms with Gasteiger partial charge in [-0.05, 0) is 35.9 Å². The Bertz CT molecular complexity index is 1160. The maximum atomic E-state index is 12.7. The highest BCUT2D eigenvalue weighted by atomic mass is 16.5. The van der Waals surface area contributed by atoms with Gasteiger partial charge in [-0.3, -0.25) is 9.78 Å². The summed E-state index contributed by atoms with van der Waals surface area (Å²) in [6.45, 7) is 0.334. The number of benzene rings is 1. The number of ether oxygens (including phenoxy) is 2. The first-order chi connectivity index (χ1) is 14.2. The number of aromatic nitrogens is 4. The van der Waals surface area contributed by atoms with E-state index >= 15 is 0 Å². The summed E-state index contributed by atoms with van der Waals surface area (Å²) in [7, 11) is 3.16. The Kier molecular flexibility index (Phi) is 5.07. The van der Waals surface area contributed by atoms with E-state index in [1.807, 2.05) is 30.3 Å². The molecule has 0 unspecified atom stereocenters. The molecular formula is C21H19N5O3. The van der Waals surface area contributed by atoms with Crippen LogP contribution in [0.3, 0.4) is 0 Å². The number of carbonyl (C=O) groups is 1. The van der Waals surface area contributed by atoms with Gasteiger partial charge < -0.3 is 14.8 Å². The van der Waals surface area contributed by atoms with Crippen molar-refractivity contribution in [3.05, 3.63) is 72.3 Å². The molecule has 0 aliphatic heterocycles. The van der Waals surface area contributed by atoms with Crippen molar-refractivity contribution in [1.82, 2.24) is 24.9 Å². The number of nitrogens with one attached hydrogen (secondary N) is 1. The lowest BCUT2D eigenvalue weighted by Crippen LogP contribution is -2.22. The summed E-state index contributed by atoms with van der Waals surface area (Å²) in [6.07, 6.45) is 6.61. The Morgan fingerprint density at radius 3 is 2.59 bits per heavy atom. The average Bonchev–Trinajstić information content (AvgIpc) is 3.22. The summed E-state index contributed by atoms with van der Waals surface area (Å²) in [5.74, 6) is 0.992. The minimum absolute atomic E-state index is 0.255. The lowest BCUT2D eigenvalue weighted by Gasteiger charge is -2.10. The molecule has 3 aromatic heterocycles. The third-order valence-corrected chi connectivity index (χ3v) is 4.52. The van der Waals surface area contributed by atoms with Gasteiger partial charge in [-0.15, -0.1) is 0 Å². The van der Waals surface area contributed by atoms with Crippen LogP contribution in [0, 0.1) is 0 Å². The van der Waals surface area contributed by atoms with Gasteiger partial charge in [-0.2, -0.15) is 5.10 Å². The van der Waals surface area contributed by atoms with E-state index in [0.717, 1.165) is 16.8 Å². The van der Waals surface area contributed by atoms with Crippen molar-refractivity contribution in [2.45, 2.75) is 6.54 Å². The molecule has 0 aliphatic rings. The van der Waals surface area contributed by atoms with E-state index in [4.69, 9.17) is 9.47 Å². The highest BCUT2D eigenvalue weighted by Gasteiger charge is 2.16. The molecule has 4 rings (SSSR count). The fourth-order valence-electron chi connectivity index (χ4n) is 3.06. The van der Waals surface area contributed by atoms with E-state index in [0.29, 0.717) is 29.3 Å². The number of amides is 1. The van der Waals surface area contributed by atoms with Crippen molar-refractivity contribution >= 4 is 11.6 Å². The zero-order chi connectivity index (χ0) is 20.2. The normalized spacial score (nSPS) is 10.7. The van der Waals surface area contributed by atoms with Gasteiger partial charge in [0.2, 0.25) is 0 Å². The number of methoxy groups -OCH3 is 2. The molecule has 0 bridgehead atoms. The standard InChI is InChI=1S/C21H19N5O3/c1-28-18-4-3-14(11-19(18)29-2)12-24-21(27)16-13-25-26-17(7-10-23-20(16)26)15-5-8-22-9-6-15/h3-11,13H,12H2,1-2H3,(H,24,27). The molecule has 0 saturated carbocycles. The highest BCUT2D eigenvalue weighted by molar-refractivity contribution is 5.99. The third-order valence-electron chi connectivity index (χ3n) is 4.52. The molecule has 1 aromatic carbocycles. The van der Waals surface area contributed by atoms with Crippen molar-refractivity contribution in [2.24, 2.45) is 0 Å². The van der Waals surface area contributed by atoms with Crippen LogP contribution in [-0.4, -0.2) is 39.7 Å². The fourth-order valence-corrected chi connectivity index (χ4v) is 3.06. The monoisotopic (exact) mass is 389 g/mol. The van der Waals surface area contributed by atoms with Crippen LogP contribution in [0.1, 0.15) is 15.9 Å². The topological polar surface area (TPSA) is 90.6 Å². The van der Waals surface area contributed by atoms with E-state index in [9.17, 15) is 4.79 Å². The number of nitrogens with zero attached hydrogens (tertiary/aromatic N) is 4. The molecule has 146 valence electrons. The third kappa shape index (κ3) is 3.60. The number of pyridine rings is 1. The number of carbonyl (C=O) groups excluding carboxylic acids is 1. The Labute approximate surface area is 167 Å². The highest BCUT2D eigenvalue weighted by Crippen LogP contribution is 2.27. The Morgan fingerprint density at radius 1 is 1.03 bits per heavy atom. The molecule has 0 saturated heterocycles. The van der Waals surface area contributed by atoms with Crippen LogP contribution in [0.4, 0.5) is 0 Å².